The van der Waals surface area contributed by atoms with Crippen LogP contribution in [0.2, 0.25) is 0 Å². The minimum absolute atomic E-state index is 0.479. The minimum atomic E-state index is 0.479. The van der Waals surface area contributed by atoms with E-state index in [0.29, 0.717) is 5.59 Å². The maximum absolute atomic E-state index is 5.31. The van der Waals surface area contributed by atoms with Gasteiger partial charge in [0, 0.05) is 5.59 Å². The minimum Gasteiger partial charge on any atom is -0.167 e. The highest BCUT2D eigenvalue weighted by Crippen LogP contribution is 1.87. The SMILES string of the molecule is [B]c1ccc(CC)nn1. The molecule has 0 aliphatic rings. The molecule has 0 atom stereocenters. The smallest absolute Gasteiger partial charge is 0.144 e. The largest absolute Gasteiger partial charge is 0.167 e. The Hall–Kier alpha value is -0.855. The van der Waals surface area contributed by atoms with Crippen LogP contribution in [0.3, 0.4) is 0 Å². The summed E-state index contributed by atoms with van der Waals surface area (Å²) in [6.07, 6.45) is 0.910. The van der Waals surface area contributed by atoms with Gasteiger partial charge in [-0.2, -0.15) is 10.2 Å². The maximum atomic E-state index is 5.31. The van der Waals surface area contributed by atoms with Crippen LogP contribution in [0.5, 0.6) is 0 Å². The molecule has 0 amide bonds. The van der Waals surface area contributed by atoms with Crippen LogP contribution in [-0.2, 0) is 6.42 Å². The van der Waals surface area contributed by atoms with Crippen molar-refractivity contribution in [1.29, 1.82) is 0 Å². The first-order valence-electron chi connectivity index (χ1n) is 2.91. The molecule has 1 aromatic heterocycles. The summed E-state index contributed by atoms with van der Waals surface area (Å²) in [6.45, 7) is 2.03. The van der Waals surface area contributed by atoms with Crippen LogP contribution < -0.4 is 5.59 Å². The van der Waals surface area contributed by atoms with E-state index in [1.54, 1.807) is 6.07 Å². The number of hydrogen-bond acceptors (Lipinski definition) is 2. The molecule has 0 spiro atoms. The van der Waals surface area contributed by atoms with E-state index in [0.717, 1.165) is 12.1 Å². The predicted octanol–water partition coefficient (Wildman–Crippen LogP) is -0.167. The molecule has 44 valence electrons. The van der Waals surface area contributed by atoms with Crippen molar-refractivity contribution in [3.05, 3.63) is 17.8 Å². The second-order valence-electron chi connectivity index (χ2n) is 1.80. The first-order valence-corrected chi connectivity index (χ1v) is 2.91. The molecule has 0 aromatic carbocycles. The Kier molecular flexibility index (Phi) is 1.83. The van der Waals surface area contributed by atoms with Gasteiger partial charge in [0.1, 0.15) is 7.85 Å². The van der Waals surface area contributed by atoms with Crippen molar-refractivity contribution in [2.75, 3.05) is 0 Å². The fourth-order valence-electron chi connectivity index (χ4n) is 0.559. The van der Waals surface area contributed by atoms with E-state index < -0.39 is 0 Å². The quantitative estimate of drug-likeness (QED) is 0.478. The average Bonchev–Trinajstić information content (AvgIpc) is 1.90. The van der Waals surface area contributed by atoms with Gasteiger partial charge in [0.05, 0.1) is 5.69 Å². The van der Waals surface area contributed by atoms with Crippen molar-refractivity contribution in [1.82, 2.24) is 10.2 Å². The summed E-state index contributed by atoms with van der Waals surface area (Å²) >= 11 is 0. The summed E-state index contributed by atoms with van der Waals surface area (Å²) in [5.74, 6) is 0. The van der Waals surface area contributed by atoms with Gasteiger partial charge in [-0.1, -0.05) is 6.92 Å². The lowest BCUT2D eigenvalue weighted by molar-refractivity contribution is 0.935. The van der Waals surface area contributed by atoms with Crippen LogP contribution in [-0.4, -0.2) is 18.0 Å². The van der Waals surface area contributed by atoms with Crippen LogP contribution in [0.4, 0.5) is 0 Å². The third-order valence-corrected chi connectivity index (χ3v) is 1.10. The van der Waals surface area contributed by atoms with Gasteiger partial charge in [-0.15, -0.1) is 0 Å². The summed E-state index contributed by atoms with van der Waals surface area (Å²) in [5, 5.41) is 7.50. The van der Waals surface area contributed by atoms with Gasteiger partial charge in [-0.05, 0) is 18.6 Å². The lowest BCUT2D eigenvalue weighted by atomic mass is 10.1. The Bertz CT molecular complexity index is 183. The fraction of sp³-hybridized carbons (Fsp3) is 0.333. The van der Waals surface area contributed by atoms with E-state index in [-0.39, 0.29) is 0 Å². The number of hydrogen-bond donors (Lipinski definition) is 0. The molecular weight excluding hydrogens is 111 g/mol. The molecule has 1 rings (SSSR count). The monoisotopic (exact) mass is 118 g/mol. The third-order valence-electron chi connectivity index (χ3n) is 1.10. The molecule has 1 heterocycles. The van der Waals surface area contributed by atoms with Crippen LogP contribution in [0.1, 0.15) is 12.6 Å². The second kappa shape index (κ2) is 2.62. The number of aromatic nitrogens is 2. The number of aryl methyl sites for hydroxylation is 1. The first-order chi connectivity index (χ1) is 4.33. The Morgan fingerprint density at radius 2 is 2.22 bits per heavy atom. The van der Waals surface area contributed by atoms with Crippen molar-refractivity contribution >= 4 is 13.4 Å². The van der Waals surface area contributed by atoms with E-state index in [4.69, 9.17) is 7.85 Å². The summed E-state index contributed by atoms with van der Waals surface area (Å²) in [4.78, 5) is 0. The topological polar surface area (TPSA) is 25.8 Å². The zero-order valence-corrected chi connectivity index (χ0v) is 5.33. The van der Waals surface area contributed by atoms with E-state index in [2.05, 4.69) is 10.2 Å². The molecule has 1 aromatic rings. The van der Waals surface area contributed by atoms with Crippen molar-refractivity contribution in [3.63, 3.8) is 0 Å². The summed E-state index contributed by atoms with van der Waals surface area (Å²) < 4.78 is 0. The van der Waals surface area contributed by atoms with E-state index >= 15 is 0 Å². The van der Waals surface area contributed by atoms with E-state index in [1.807, 2.05) is 13.0 Å². The average molecular weight is 118 g/mol. The van der Waals surface area contributed by atoms with Gasteiger partial charge in [-0.25, -0.2) is 0 Å². The van der Waals surface area contributed by atoms with Crippen LogP contribution in [0.25, 0.3) is 0 Å². The van der Waals surface area contributed by atoms with Gasteiger partial charge in [0.25, 0.3) is 0 Å². The van der Waals surface area contributed by atoms with Crippen molar-refractivity contribution in [3.8, 4) is 0 Å². The Labute approximate surface area is 55.7 Å². The van der Waals surface area contributed by atoms with Gasteiger partial charge in [0.15, 0.2) is 0 Å². The zero-order chi connectivity index (χ0) is 6.69. The molecular formula is C6H7BN2. The first kappa shape index (κ1) is 6.27. The molecule has 0 unspecified atom stereocenters. The van der Waals surface area contributed by atoms with Crippen molar-refractivity contribution in [2.24, 2.45) is 0 Å². The molecule has 2 nitrogen and oxygen atoms in total. The summed E-state index contributed by atoms with van der Waals surface area (Å²) in [7, 11) is 5.31. The zero-order valence-electron chi connectivity index (χ0n) is 5.33. The molecule has 0 saturated heterocycles. The van der Waals surface area contributed by atoms with Gasteiger partial charge >= 0.3 is 0 Å². The third kappa shape index (κ3) is 1.52. The molecule has 0 bridgehead atoms. The highest BCUT2D eigenvalue weighted by molar-refractivity contribution is 6.30. The lowest BCUT2D eigenvalue weighted by Gasteiger charge is -1.92. The molecule has 2 radical (unpaired) electrons. The van der Waals surface area contributed by atoms with Crippen LogP contribution >= 0.6 is 0 Å². The normalized spacial score (nSPS) is 9.44. The highest BCUT2D eigenvalue weighted by Gasteiger charge is 1.87. The molecule has 3 heteroatoms. The Morgan fingerprint density at radius 1 is 1.44 bits per heavy atom. The van der Waals surface area contributed by atoms with E-state index in [1.165, 1.54) is 0 Å². The molecule has 0 saturated carbocycles. The number of nitrogens with zero attached hydrogens (tertiary/aromatic N) is 2. The van der Waals surface area contributed by atoms with Crippen LogP contribution in [0, 0.1) is 0 Å². The van der Waals surface area contributed by atoms with Gasteiger partial charge in [0.2, 0.25) is 0 Å². The summed E-state index contributed by atoms with van der Waals surface area (Å²) in [5.41, 5.74) is 1.46. The Morgan fingerprint density at radius 3 is 2.67 bits per heavy atom. The summed E-state index contributed by atoms with van der Waals surface area (Å²) in [6, 6.07) is 3.63. The molecule has 0 aliphatic carbocycles. The van der Waals surface area contributed by atoms with Gasteiger partial charge in [-0.3, -0.25) is 0 Å². The van der Waals surface area contributed by atoms with Crippen LogP contribution in [0.15, 0.2) is 12.1 Å². The molecule has 9 heavy (non-hydrogen) atoms. The fourth-order valence-corrected chi connectivity index (χ4v) is 0.559. The predicted molar refractivity (Wildman–Crippen MR) is 36.8 cm³/mol. The second-order valence-corrected chi connectivity index (χ2v) is 1.80. The standard InChI is InChI=1S/C6H7BN2/c1-2-5-3-4-6(7)9-8-5/h3-4H,2H2,1H3. The Balaban J connectivity index is 2.88. The molecule has 0 aliphatic heterocycles. The molecule has 0 fully saturated rings. The van der Waals surface area contributed by atoms with Gasteiger partial charge < -0.3 is 0 Å². The lowest BCUT2D eigenvalue weighted by Crippen LogP contribution is -2.09. The van der Waals surface area contributed by atoms with Crippen molar-refractivity contribution in [2.45, 2.75) is 13.3 Å². The molecule has 0 N–H and O–H groups in total. The number of rotatable bonds is 1. The highest BCUT2D eigenvalue weighted by atomic mass is 15.1. The van der Waals surface area contributed by atoms with Crippen molar-refractivity contribution < 1.29 is 0 Å². The maximum Gasteiger partial charge on any atom is 0.144 e. The van der Waals surface area contributed by atoms with E-state index in [9.17, 15) is 0 Å².